The maximum atomic E-state index is 11.5. The molecule has 102 valence electrons. The van der Waals surface area contributed by atoms with Crippen LogP contribution in [-0.4, -0.2) is 28.7 Å². The van der Waals surface area contributed by atoms with Gasteiger partial charge in [0, 0.05) is 19.4 Å². The van der Waals surface area contributed by atoms with E-state index >= 15 is 0 Å². The average molecular weight is 263 g/mol. The number of ether oxygens (including phenoxy) is 1. The first-order valence-electron chi connectivity index (χ1n) is 5.98. The Hall–Kier alpha value is -2.08. The molecule has 0 aromatic carbocycles. The largest absolute Gasteiger partial charge is 0.468 e. The molecule has 0 radical (unpaired) electrons. The fraction of sp³-hybridized carbons (Fsp3) is 0.385. The van der Waals surface area contributed by atoms with Gasteiger partial charge in [-0.15, -0.1) is 0 Å². The Morgan fingerprint density at radius 2 is 2.37 bits per heavy atom. The summed E-state index contributed by atoms with van der Waals surface area (Å²) in [6.45, 7) is 1.74. The van der Waals surface area contributed by atoms with E-state index in [1.165, 1.54) is 7.11 Å². The van der Waals surface area contributed by atoms with Crippen molar-refractivity contribution < 1.29 is 13.9 Å². The van der Waals surface area contributed by atoms with Gasteiger partial charge in [0.05, 0.1) is 13.4 Å². The lowest BCUT2D eigenvalue weighted by Gasteiger charge is -2.20. The van der Waals surface area contributed by atoms with E-state index in [1.807, 2.05) is 23.9 Å². The van der Waals surface area contributed by atoms with Gasteiger partial charge in [0.25, 0.3) is 0 Å². The summed E-state index contributed by atoms with van der Waals surface area (Å²) >= 11 is 0. The molecule has 0 bridgehead atoms. The van der Waals surface area contributed by atoms with E-state index in [-0.39, 0.29) is 12.0 Å². The number of hydrogen-bond donors (Lipinski definition) is 1. The van der Waals surface area contributed by atoms with Gasteiger partial charge < -0.3 is 13.7 Å². The fourth-order valence-corrected chi connectivity index (χ4v) is 1.89. The van der Waals surface area contributed by atoms with Crippen LogP contribution >= 0.6 is 0 Å². The minimum Gasteiger partial charge on any atom is -0.468 e. The van der Waals surface area contributed by atoms with Gasteiger partial charge >= 0.3 is 5.97 Å². The van der Waals surface area contributed by atoms with Crippen molar-refractivity contribution in [3.05, 3.63) is 42.4 Å². The highest BCUT2D eigenvalue weighted by atomic mass is 16.5. The van der Waals surface area contributed by atoms with Crippen molar-refractivity contribution in [1.82, 2.24) is 14.9 Å². The molecule has 2 rings (SSSR count). The number of imidazole rings is 1. The van der Waals surface area contributed by atoms with Gasteiger partial charge in [-0.3, -0.25) is 10.1 Å². The van der Waals surface area contributed by atoms with Gasteiger partial charge in [-0.1, -0.05) is 0 Å². The summed E-state index contributed by atoms with van der Waals surface area (Å²) in [6.07, 6.45) is 5.14. The number of aromatic nitrogens is 2. The zero-order chi connectivity index (χ0) is 13.8. The molecule has 0 saturated carbocycles. The number of nitrogens with one attached hydrogen (secondary N) is 1. The number of carbonyl (C=O) groups excluding carboxylic acids is 1. The zero-order valence-corrected chi connectivity index (χ0v) is 11.2. The molecule has 2 atom stereocenters. The normalized spacial score (nSPS) is 14.1. The van der Waals surface area contributed by atoms with E-state index < -0.39 is 6.04 Å². The standard InChI is InChI=1S/C13H17N3O3/c1-9(13(17)18-3)15-11(10-5-4-8-19-10)12-14-6-7-16(12)2/h4-9,11,15H,1-3H3. The SMILES string of the molecule is COC(=O)C(C)NC(c1ccco1)c1nccn1C. The molecule has 19 heavy (non-hydrogen) atoms. The first-order valence-corrected chi connectivity index (χ1v) is 5.98. The number of furan rings is 1. The van der Waals surface area contributed by atoms with Gasteiger partial charge in [0.2, 0.25) is 0 Å². The third kappa shape index (κ3) is 2.85. The molecule has 6 nitrogen and oxygen atoms in total. The van der Waals surface area contributed by atoms with Crippen molar-refractivity contribution in [3.63, 3.8) is 0 Å². The molecule has 0 fully saturated rings. The van der Waals surface area contributed by atoms with Gasteiger partial charge in [-0.05, 0) is 19.1 Å². The van der Waals surface area contributed by atoms with Gasteiger partial charge in [-0.2, -0.15) is 0 Å². The van der Waals surface area contributed by atoms with Crippen molar-refractivity contribution in [1.29, 1.82) is 0 Å². The monoisotopic (exact) mass is 263 g/mol. The molecule has 0 amide bonds. The highest BCUT2D eigenvalue weighted by Gasteiger charge is 2.25. The molecule has 2 unspecified atom stereocenters. The van der Waals surface area contributed by atoms with Crippen LogP contribution in [0.5, 0.6) is 0 Å². The summed E-state index contributed by atoms with van der Waals surface area (Å²) in [5.41, 5.74) is 0. The Balaban J connectivity index is 2.26. The molecular formula is C13H17N3O3. The molecule has 2 aromatic heterocycles. The van der Waals surface area contributed by atoms with E-state index in [1.54, 1.807) is 25.5 Å². The first-order chi connectivity index (χ1) is 9.13. The molecule has 0 aliphatic rings. The van der Waals surface area contributed by atoms with E-state index in [4.69, 9.17) is 9.15 Å². The Kier molecular flexibility index (Phi) is 4.01. The van der Waals surface area contributed by atoms with E-state index in [2.05, 4.69) is 10.3 Å². The van der Waals surface area contributed by atoms with Crippen LogP contribution in [0.2, 0.25) is 0 Å². The van der Waals surface area contributed by atoms with Crippen LogP contribution in [0.15, 0.2) is 35.2 Å². The van der Waals surface area contributed by atoms with Crippen LogP contribution in [-0.2, 0) is 16.6 Å². The molecule has 0 saturated heterocycles. The summed E-state index contributed by atoms with van der Waals surface area (Å²) in [7, 11) is 3.26. The number of carbonyl (C=O) groups is 1. The van der Waals surface area contributed by atoms with E-state index in [0.29, 0.717) is 5.76 Å². The lowest BCUT2D eigenvalue weighted by atomic mass is 10.1. The van der Waals surface area contributed by atoms with Crippen LogP contribution in [0, 0.1) is 0 Å². The quantitative estimate of drug-likeness (QED) is 0.822. The topological polar surface area (TPSA) is 69.3 Å². The lowest BCUT2D eigenvalue weighted by molar-refractivity contribution is -0.142. The maximum absolute atomic E-state index is 11.5. The number of rotatable bonds is 5. The first kappa shape index (κ1) is 13.4. The molecule has 0 aliphatic heterocycles. The second kappa shape index (κ2) is 5.71. The molecule has 0 aliphatic carbocycles. The molecule has 6 heteroatoms. The summed E-state index contributed by atoms with van der Waals surface area (Å²) in [5, 5.41) is 3.16. The minimum atomic E-state index is -0.461. The molecule has 0 spiro atoms. The number of nitrogens with zero attached hydrogens (tertiary/aromatic N) is 2. The van der Waals surface area contributed by atoms with Gasteiger partial charge in [-0.25, -0.2) is 4.98 Å². The summed E-state index contributed by atoms with van der Waals surface area (Å²) < 4.78 is 12.0. The van der Waals surface area contributed by atoms with E-state index in [9.17, 15) is 4.79 Å². The number of aryl methyl sites for hydroxylation is 1. The van der Waals surface area contributed by atoms with Crippen molar-refractivity contribution >= 4 is 5.97 Å². The summed E-state index contributed by atoms with van der Waals surface area (Å²) in [5.74, 6) is 1.14. The molecule has 1 N–H and O–H groups in total. The highest BCUT2D eigenvalue weighted by molar-refractivity contribution is 5.75. The second-order valence-corrected chi connectivity index (χ2v) is 4.26. The van der Waals surface area contributed by atoms with Gasteiger partial charge in [0.1, 0.15) is 23.7 Å². The number of esters is 1. The number of hydrogen-bond acceptors (Lipinski definition) is 5. The van der Waals surface area contributed by atoms with Crippen molar-refractivity contribution in [2.75, 3.05) is 7.11 Å². The summed E-state index contributed by atoms with van der Waals surface area (Å²) in [4.78, 5) is 15.8. The van der Waals surface area contributed by atoms with Crippen molar-refractivity contribution in [2.45, 2.75) is 19.0 Å². The molecule has 2 aromatic rings. The van der Waals surface area contributed by atoms with Crippen LogP contribution in [0.3, 0.4) is 0 Å². The Labute approximate surface area is 111 Å². The second-order valence-electron chi connectivity index (χ2n) is 4.26. The van der Waals surface area contributed by atoms with Gasteiger partial charge in [0.15, 0.2) is 0 Å². The van der Waals surface area contributed by atoms with Crippen molar-refractivity contribution in [3.8, 4) is 0 Å². The maximum Gasteiger partial charge on any atom is 0.322 e. The predicted octanol–water partition coefficient (Wildman–Crippen LogP) is 1.25. The Bertz CT molecular complexity index is 533. The molecular weight excluding hydrogens is 246 g/mol. The van der Waals surface area contributed by atoms with Crippen LogP contribution in [0.4, 0.5) is 0 Å². The highest BCUT2D eigenvalue weighted by Crippen LogP contribution is 2.21. The predicted molar refractivity (Wildman–Crippen MR) is 68.4 cm³/mol. The fourth-order valence-electron chi connectivity index (χ4n) is 1.89. The zero-order valence-electron chi connectivity index (χ0n) is 11.2. The van der Waals surface area contributed by atoms with E-state index in [0.717, 1.165) is 5.82 Å². The third-order valence-electron chi connectivity index (χ3n) is 2.92. The van der Waals surface area contributed by atoms with Crippen LogP contribution in [0.25, 0.3) is 0 Å². The Morgan fingerprint density at radius 3 is 2.89 bits per heavy atom. The smallest absolute Gasteiger partial charge is 0.322 e. The third-order valence-corrected chi connectivity index (χ3v) is 2.92. The van der Waals surface area contributed by atoms with Crippen molar-refractivity contribution in [2.24, 2.45) is 7.05 Å². The molecule has 2 heterocycles. The average Bonchev–Trinajstić information content (AvgIpc) is 3.06. The minimum absolute atomic E-state index is 0.302. The lowest BCUT2D eigenvalue weighted by Crippen LogP contribution is -2.38. The Morgan fingerprint density at radius 1 is 1.58 bits per heavy atom. The van der Waals surface area contributed by atoms with Crippen LogP contribution in [0.1, 0.15) is 24.6 Å². The van der Waals surface area contributed by atoms with Crippen LogP contribution < -0.4 is 5.32 Å². The summed E-state index contributed by atoms with van der Waals surface area (Å²) in [6, 6.07) is 2.88. The number of methoxy groups -OCH3 is 1.